The Kier molecular flexibility index (Phi) is 7.49. The highest BCUT2D eigenvalue weighted by Crippen LogP contribution is 2.37. The molecule has 3 aromatic rings. The monoisotopic (exact) mass is 443 g/mol. The van der Waals surface area contributed by atoms with Crippen molar-refractivity contribution >= 4 is 39.8 Å². The van der Waals surface area contributed by atoms with Crippen molar-refractivity contribution in [1.29, 1.82) is 0 Å². The van der Waals surface area contributed by atoms with E-state index in [1.807, 2.05) is 36.6 Å². The molecule has 0 fully saturated rings. The van der Waals surface area contributed by atoms with Crippen LogP contribution >= 0.6 is 22.9 Å². The molecule has 7 heteroatoms. The fourth-order valence-electron chi connectivity index (χ4n) is 2.83. The largest absolute Gasteiger partial charge is 0.494 e. The molecule has 0 atom stereocenters. The lowest BCUT2D eigenvalue weighted by Gasteiger charge is -2.10. The number of benzene rings is 2. The number of halogens is 1. The summed E-state index contributed by atoms with van der Waals surface area (Å²) in [5.41, 5.74) is 2.18. The van der Waals surface area contributed by atoms with Gasteiger partial charge in [0.15, 0.2) is 0 Å². The van der Waals surface area contributed by atoms with E-state index >= 15 is 0 Å². The van der Waals surface area contributed by atoms with E-state index in [1.54, 1.807) is 31.2 Å². The quantitative estimate of drug-likeness (QED) is 0.416. The molecule has 0 radical (unpaired) electrons. The summed E-state index contributed by atoms with van der Waals surface area (Å²) in [4.78, 5) is 25.4. The van der Waals surface area contributed by atoms with Gasteiger partial charge in [-0.1, -0.05) is 42.8 Å². The minimum absolute atomic E-state index is 0.232. The Morgan fingerprint density at radius 2 is 1.80 bits per heavy atom. The van der Waals surface area contributed by atoms with E-state index in [-0.39, 0.29) is 12.5 Å². The van der Waals surface area contributed by atoms with E-state index in [0.717, 1.165) is 17.7 Å². The van der Waals surface area contributed by atoms with Crippen LogP contribution in [0.2, 0.25) is 5.02 Å². The number of nitrogens with one attached hydrogen (secondary N) is 1. The molecule has 0 spiro atoms. The van der Waals surface area contributed by atoms with Crippen molar-refractivity contribution < 1.29 is 19.1 Å². The molecule has 1 aromatic heterocycles. The lowest BCUT2D eigenvalue weighted by Crippen LogP contribution is -2.15. The molecule has 0 saturated heterocycles. The first-order valence-corrected chi connectivity index (χ1v) is 10.9. The minimum atomic E-state index is -0.491. The second-order valence-corrected chi connectivity index (χ2v) is 7.67. The number of esters is 1. The van der Waals surface area contributed by atoms with Gasteiger partial charge in [-0.25, -0.2) is 4.79 Å². The van der Waals surface area contributed by atoms with Crippen molar-refractivity contribution in [2.24, 2.45) is 0 Å². The van der Waals surface area contributed by atoms with Gasteiger partial charge in [-0.2, -0.15) is 0 Å². The van der Waals surface area contributed by atoms with Gasteiger partial charge in [-0.15, -0.1) is 11.3 Å². The predicted molar refractivity (Wildman–Crippen MR) is 121 cm³/mol. The van der Waals surface area contributed by atoms with Gasteiger partial charge in [0.2, 0.25) is 0 Å². The van der Waals surface area contributed by atoms with Crippen LogP contribution in [0.3, 0.4) is 0 Å². The van der Waals surface area contributed by atoms with E-state index in [1.165, 1.54) is 11.3 Å². The summed E-state index contributed by atoms with van der Waals surface area (Å²) >= 11 is 7.39. The predicted octanol–water partition coefficient (Wildman–Crippen LogP) is 6.29. The van der Waals surface area contributed by atoms with Crippen LogP contribution in [0.25, 0.3) is 11.1 Å². The van der Waals surface area contributed by atoms with Crippen molar-refractivity contribution in [2.45, 2.75) is 20.3 Å². The maximum absolute atomic E-state index is 12.7. The summed E-state index contributed by atoms with van der Waals surface area (Å²) in [5, 5.41) is 5.39. The molecule has 30 heavy (non-hydrogen) atoms. The summed E-state index contributed by atoms with van der Waals surface area (Å²) in [7, 11) is 0. The first kappa shape index (κ1) is 21.9. The van der Waals surface area contributed by atoms with Gasteiger partial charge in [-0.3, -0.25) is 4.79 Å². The van der Waals surface area contributed by atoms with Gasteiger partial charge in [0, 0.05) is 10.9 Å². The van der Waals surface area contributed by atoms with E-state index < -0.39 is 5.97 Å². The van der Waals surface area contributed by atoms with Gasteiger partial charge >= 0.3 is 5.97 Å². The third-order valence-electron chi connectivity index (χ3n) is 4.25. The SMILES string of the molecule is CCCOc1ccc(-c2csc(NC(=O)c3ccccc3Cl)c2C(=O)OCC)cc1. The Hall–Kier alpha value is -2.83. The molecule has 2 aromatic carbocycles. The Labute approximate surface area is 184 Å². The number of carbonyl (C=O) groups excluding carboxylic acids is 2. The van der Waals surface area contributed by atoms with Crippen LogP contribution in [0.5, 0.6) is 5.75 Å². The molecule has 0 saturated carbocycles. The Morgan fingerprint density at radius 3 is 2.47 bits per heavy atom. The van der Waals surface area contributed by atoms with Crippen molar-refractivity contribution in [1.82, 2.24) is 0 Å². The van der Waals surface area contributed by atoms with Crippen molar-refractivity contribution in [3.05, 3.63) is 70.1 Å². The number of hydrogen-bond donors (Lipinski definition) is 1. The van der Waals surface area contributed by atoms with Crippen LogP contribution in [0, 0.1) is 0 Å². The van der Waals surface area contributed by atoms with Gasteiger partial charge in [0.05, 0.1) is 23.8 Å². The lowest BCUT2D eigenvalue weighted by molar-refractivity contribution is 0.0529. The van der Waals surface area contributed by atoms with Gasteiger partial charge in [0.1, 0.15) is 16.3 Å². The molecule has 3 rings (SSSR count). The third kappa shape index (κ3) is 5.01. The van der Waals surface area contributed by atoms with Crippen LogP contribution in [0.1, 0.15) is 41.0 Å². The smallest absolute Gasteiger partial charge is 0.341 e. The molecule has 0 aliphatic rings. The number of rotatable bonds is 8. The molecule has 0 aliphatic heterocycles. The van der Waals surface area contributed by atoms with Crippen LogP contribution in [-0.2, 0) is 4.74 Å². The molecular formula is C23H22ClNO4S. The average Bonchev–Trinajstić information content (AvgIpc) is 3.16. The second kappa shape index (κ2) is 10.3. The van der Waals surface area contributed by atoms with Crippen LogP contribution in [0.4, 0.5) is 5.00 Å². The molecule has 5 nitrogen and oxygen atoms in total. The number of hydrogen-bond acceptors (Lipinski definition) is 5. The van der Waals surface area contributed by atoms with Crippen molar-refractivity contribution in [3.63, 3.8) is 0 Å². The molecule has 1 heterocycles. The standard InChI is InChI=1S/C23H22ClNO4S/c1-3-13-29-16-11-9-15(10-12-16)18-14-30-22(20(18)23(27)28-4-2)25-21(26)17-7-5-6-8-19(17)24/h5-12,14H,3-4,13H2,1-2H3,(H,25,26). The van der Waals surface area contributed by atoms with Gasteiger partial charge in [-0.05, 0) is 43.2 Å². The fourth-order valence-corrected chi connectivity index (χ4v) is 4.01. The van der Waals surface area contributed by atoms with Crippen LogP contribution in [-0.4, -0.2) is 25.1 Å². The number of carbonyl (C=O) groups is 2. The molecule has 1 N–H and O–H groups in total. The maximum atomic E-state index is 12.7. The maximum Gasteiger partial charge on any atom is 0.341 e. The van der Waals surface area contributed by atoms with Gasteiger partial charge in [0.25, 0.3) is 5.91 Å². The molecule has 0 aliphatic carbocycles. The van der Waals surface area contributed by atoms with Crippen LogP contribution in [0.15, 0.2) is 53.9 Å². The highest BCUT2D eigenvalue weighted by atomic mass is 35.5. The Bertz CT molecular complexity index is 1030. The van der Waals surface area contributed by atoms with Gasteiger partial charge < -0.3 is 14.8 Å². The zero-order chi connectivity index (χ0) is 21.5. The summed E-state index contributed by atoms with van der Waals surface area (Å²) in [5.74, 6) is -0.113. The fraction of sp³-hybridized carbons (Fsp3) is 0.217. The first-order chi connectivity index (χ1) is 14.5. The third-order valence-corrected chi connectivity index (χ3v) is 5.48. The summed E-state index contributed by atoms with van der Waals surface area (Å²) < 4.78 is 10.9. The highest BCUT2D eigenvalue weighted by Gasteiger charge is 2.23. The Balaban J connectivity index is 1.93. The Morgan fingerprint density at radius 1 is 1.07 bits per heavy atom. The van der Waals surface area contributed by atoms with Crippen molar-refractivity contribution in [2.75, 3.05) is 18.5 Å². The molecule has 1 amide bonds. The van der Waals surface area contributed by atoms with Crippen molar-refractivity contribution in [3.8, 4) is 16.9 Å². The highest BCUT2D eigenvalue weighted by molar-refractivity contribution is 7.15. The lowest BCUT2D eigenvalue weighted by atomic mass is 10.0. The first-order valence-electron chi connectivity index (χ1n) is 9.62. The number of thiophene rings is 1. The van der Waals surface area contributed by atoms with E-state index in [9.17, 15) is 9.59 Å². The van der Waals surface area contributed by atoms with E-state index in [2.05, 4.69) is 5.32 Å². The molecular weight excluding hydrogens is 422 g/mol. The second-order valence-electron chi connectivity index (χ2n) is 6.38. The molecule has 0 unspecified atom stereocenters. The molecule has 156 valence electrons. The zero-order valence-electron chi connectivity index (χ0n) is 16.7. The average molecular weight is 444 g/mol. The summed E-state index contributed by atoms with van der Waals surface area (Å²) in [6, 6.07) is 14.2. The normalized spacial score (nSPS) is 10.5. The summed E-state index contributed by atoms with van der Waals surface area (Å²) in [6.45, 7) is 4.66. The number of amides is 1. The topological polar surface area (TPSA) is 64.6 Å². The van der Waals surface area contributed by atoms with E-state index in [4.69, 9.17) is 21.1 Å². The number of ether oxygens (including phenoxy) is 2. The van der Waals surface area contributed by atoms with Crippen LogP contribution < -0.4 is 10.1 Å². The summed E-state index contributed by atoms with van der Waals surface area (Å²) in [6.07, 6.45) is 0.924. The number of anilines is 1. The molecule has 0 bridgehead atoms. The minimum Gasteiger partial charge on any atom is -0.494 e. The van der Waals surface area contributed by atoms with E-state index in [0.29, 0.717) is 33.3 Å². The zero-order valence-corrected chi connectivity index (χ0v) is 18.3.